The lowest BCUT2D eigenvalue weighted by Crippen LogP contribution is -2.34. The van der Waals surface area contributed by atoms with Gasteiger partial charge in [0.25, 0.3) is 11.2 Å². The third-order valence-electron chi connectivity index (χ3n) is 6.95. The summed E-state index contributed by atoms with van der Waals surface area (Å²) in [6.45, 7) is 4.39. The fourth-order valence-corrected chi connectivity index (χ4v) is 5.97. The zero-order valence-corrected chi connectivity index (χ0v) is 21.6. The number of hydrogen-bond acceptors (Lipinski definition) is 6. The number of likely N-dealkylation sites (tertiary alicyclic amines) is 1. The molecule has 1 fully saturated rings. The van der Waals surface area contributed by atoms with Crippen LogP contribution in [0.5, 0.6) is 0 Å². The van der Waals surface area contributed by atoms with Crippen molar-refractivity contribution in [3.63, 3.8) is 0 Å². The van der Waals surface area contributed by atoms with Crippen molar-refractivity contribution in [2.45, 2.75) is 32.2 Å². The van der Waals surface area contributed by atoms with Crippen molar-refractivity contribution in [3.8, 4) is 16.9 Å². The fourth-order valence-electron chi connectivity index (χ4n) is 4.79. The predicted molar refractivity (Wildman–Crippen MR) is 142 cm³/mol. The molecule has 0 unspecified atom stereocenters. The number of benzene rings is 2. The lowest BCUT2D eigenvalue weighted by Gasteiger charge is -2.30. The molecule has 0 radical (unpaired) electrons. The smallest absolute Gasteiger partial charge is 0.288 e. The first-order valence-electron chi connectivity index (χ1n) is 11.8. The minimum Gasteiger partial charge on any atom is -0.299 e. The molecule has 0 aliphatic carbocycles. The molecule has 0 atom stereocenters. The Morgan fingerprint density at radius 1 is 1.17 bits per heavy atom. The average molecular weight is 524 g/mol. The molecule has 0 saturated carbocycles. The van der Waals surface area contributed by atoms with Crippen molar-refractivity contribution in [2.24, 2.45) is 7.05 Å². The van der Waals surface area contributed by atoms with Gasteiger partial charge >= 0.3 is 0 Å². The van der Waals surface area contributed by atoms with Gasteiger partial charge in [-0.05, 0) is 51.1 Å². The van der Waals surface area contributed by atoms with E-state index >= 15 is 0 Å². The van der Waals surface area contributed by atoms with E-state index in [-0.39, 0.29) is 16.3 Å². The van der Waals surface area contributed by atoms with Crippen molar-refractivity contribution < 1.29 is 4.92 Å². The zero-order valence-electron chi connectivity index (χ0n) is 20.1. The summed E-state index contributed by atoms with van der Waals surface area (Å²) in [5.41, 5.74) is 4.03. The van der Waals surface area contributed by atoms with E-state index in [0.29, 0.717) is 18.0 Å². The normalized spacial score (nSPS) is 14.9. The van der Waals surface area contributed by atoms with E-state index in [1.165, 1.54) is 6.07 Å². The van der Waals surface area contributed by atoms with Gasteiger partial charge in [0.1, 0.15) is 5.02 Å². The summed E-state index contributed by atoms with van der Waals surface area (Å²) in [6, 6.07) is 14.5. The Hall–Kier alpha value is -3.27. The van der Waals surface area contributed by atoms with E-state index < -0.39 is 4.92 Å². The van der Waals surface area contributed by atoms with Crippen molar-refractivity contribution in [2.75, 3.05) is 13.1 Å². The molecule has 2 aromatic carbocycles. The van der Waals surface area contributed by atoms with Gasteiger partial charge in [-0.25, -0.2) is 9.67 Å². The summed E-state index contributed by atoms with van der Waals surface area (Å²) in [7, 11) is 1.93. The lowest BCUT2D eigenvalue weighted by molar-refractivity contribution is -0.384. The number of thiazole rings is 1. The number of nitro benzene ring substituents is 1. The Kier molecular flexibility index (Phi) is 6.79. The average Bonchev–Trinajstić information content (AvgIpc) is 3.45. The van der Waals surface area contributed by atoms with Crippen molar-refractivity contribution in [1.29, 1.82) is 0 Å². The van der Waals surface area contributed by atoms with Gasteiger partial charge < -0.3 is 0 Å². The molecule has 3 heterocycles. The third kappa shape index (κ3) is 4.61. The second-order valence-electron chi connectivity index (χ2n) is 9.08. The third-order valence-corrected chi connectivity index (χ3v) is 8.28. The van der Waals surface area contributed by atoms with Crippen LogP contribution in [0.15, 0.2) is 58.7 Å². The molecule has 4 aromatic rings. The van der Waals surface area contributed by atoms with Gasteiger partial charge in [0.15, 0.2) is 0 Å². The van der Waals surface area contributed by atoms with E-state index in [2.05, 4.69) is 4.90 Å². The maximum atomic E-state index is 13.3. The molecule has 0 amide bonds. The summed E-state index contributed by atoms with van der Waals surface area (Å²) in [6.07, 6.45) is 1.90. The van der Waals surface area contributed by atoms with Gasteiger partial charge in [-0.1, -0.05) is 35.9 Å². The highest BCUT2D eigenvalue weighted by Crippen LogP contribution is 2.35. The summed E-state index contributed by atoms with van der Waals surface area (Å²) >= 11 is 7.54. The Morgan fingerprint density at radius 3 is 2.58 bits per heavy atom. The van der Waals surface area contributed by atoms with Crippen LogP contribution in [-0.2, 0) is 13.6 Å². The van der Waals surface area contributed by atoms with Crippen molar-refractivity contribution in [1.82, 2.24) is 19.2 Å². The van der Waals surface area contributed by atoms with Crippen molar-refractivity contribution in [3.05, 3.63) is 95.7 Å². The van der Waals surface area contributed by atoms with E-state index in [9.17, 15) is 14.9 Å². The maximum absolute atomic E-state index is 13.3. The molecule has 2 aromatic heterocycles. The second-order valence-corrected chi connectivity index (χ2v) is 10.4. The van der Waals surface area contributed by atoms with E-state index in [1.807, 2.05) is 54.4 Å². The number of halogens is 1. The minimum atomic E-state index is -0.474. The van der Waals surface area contributed by atoms with Crippen LogP contribution in [-0.4, -0.2) is 37.3 Å². The number of rotatable bonds is 6. The zero-order chi connectivity index (χ0) is 25.4. The number of nitro groups is 1. The van der Waals surface area contributed by atoms with E-state index in [1.54, 1.807) is 28.2 Å². The lowest BCUT2D eigenvalue weighted by atomic mass is 9.97. The van der Waals surface area contributed by atoms with Gasteiger partial charge in [0.2, 0.25) is 0 Å². The molecular formula is C26H26ClN5O3S. The summed E-state index contributed by atoms with van der Waals surface area (Å²) < 4.78 is 3.66. The number of para-hydroxylation sites is 1. The molecule has 1 saturated heterocycles. The van der Waals surface area contributed by atoms with Crippen LogP contribution in [0, 0.1) is 17.0 Å². The first-order valence-corrected chi connectivity index (χ1v) is 13.0. The second kappa shape index (κ2) is 10.0. The van der Waals surface area contributed by atoms with Crippen LogP contribution in [0.1, 0.15) is 35.0 Å². The molecule has 1 aliphatic heterocycles. The number of hydrogen-bond donors (Lipinski definition) is 0. The standard InChI is InChI=1S/C26H26ClN5O3S/c1-17-21(26(33)31(29(17)2)20-6-4-3-5-7-20)15-30-12-10-18(11-13-30)25-28-23(16-36-25)19-8-9-22(27)24(14-19)32(34)35/h3-9,14,16,18H,10-13,15H2,1-2H3. The van der Waals surface area contributed by atoms with E-state index in [0.717, 1.165) is 53.6 Å². The van der Waals surface area contributed by atoms with E-state index in [4.69, 9.17) is 16.6 Å². The molecule has 0 bridgehead atoms. The largest absolute Gasteiger partial charge is 0.299 e. The molecular weight excluding hydrogens is 498 g/mol. The SMILES string of the molecule is Cc1c(CN2CCC(c3nc(-c4ccc(Cl)c([N+](=O)[O-])c4)cs3)CC2)c(=O)n(-c2ccccc2)n1C. The Morgan fingerprint density at radius 2 is 1.89 bits per heavy atom. The predicted octanol–water partition coefficient (Wildman–Crippen LogP) is 5.55. The monoisotopic (exact) mass is 523 g/mol. The summed E-state index contributed by atoms with van der Waals surface area (Å²) in [5, 5.41) is 14.3. The number of piperidine rings is 1. The van der Waals surface area contributed by atoms with Gasteiger partial charge in [-0.3, -0.25) is 24.5 Å². The highest BCUT2D eigenvalue weighted by molar-refractivity contribution is 7.10. The molecule has 186 valence electrons. The van der Waals surface area contributed by atoms with Gasteiger partial charge in [0.05, 0.1) is 26.9 Å². The molecule has 1 aliphatic rings. The highest BCUT2D eigenvalue weighted by Gasteiger charge is 2.26. The highest BCUT2D eigenvalue weighted by atomic mass is 35.5. The molecule has 5 rings (SSSR count). The van der Waals surface area contributed by atoms with Crippen LogP contribution in [0.25, 0.3) is 16.9 Å². The van der Waals surface area contributed by atoms with Gasteiger partial charge in [0, 0.05) is 42.2 Å². The van der Waals surface area contributed by atoms with Gasteiger partial charge in [-0.2, -0.15) is 0 Å². The molecule has 36 heavy (non-hydrogen) atoms. The van der Waals surface area contributed by atoms with Crippen LogP contribution in [0.3, 0.4) is 0 Å². The number of nitrogens with zero attached hydrogens (tertiary/aromatic N) is 5. The quantitative estimate of drug-likeness (QED) is 0.244. The minimum absolute atomic E-state index is 0.0324. The maximum Gasteiger partial charge on any atom is 0.288 e. The molecule has 8 nitrogen and oxygen atoms in total. The summed E-state index contributed by atoms with van der Waals surface area (Å²) in [5.74, 6) is 0.333. The number of aromatic nitrogens is 3. The van der Waals surface area contributed by atoms with Crippen LogP contribution in [0.2, 0.25) is 5.02 Å². The molecule has 0 N–H and O–H groups in total. The molecule has 10 heteroatoms. The van der Waals surface area contributed by atoms with Crippen molar-refractivity contribution >= 4 is 28.6 Å². The Balaban J connectivity index is 1.27. The first-order chi connectivity index (χ1) is 17.3. The summed E-state index contributed by atoms with van der Waals surface area (Å²) in [4.78, 5) is 31.1. The first kappa shape index (κ1) is 24.4. The fraction of sp³-hybridized carbons (Fsp3) is 0.308. The van der Waals surface area contributed by atoms with Gasteiger partial charge in [-0.15, -0.1) is 11.3 Å². The Bertz CT molecular complexity index is 1470. The molecule has 0 spiro atoms. The van der Waals surface area contributed by atoms with Crippen LogP contribution >= 0.6 is 22.9 Å². The topological polar surface area (TPSA) is 86.2 Å². The van der Waals surface area contributed by atoms with Crippen LogP contribution < -0.4 is 5.56 Å². The van der Waals surface area contributed by atoms with Crippen LogP contribution in [0.4, 0.5) is 5.69 Å². The Labute approximate surface area is 217 Å².